The van der Waals surface area contributed by atoms with Gasteiger partial charge in [0.15, 0.2) is 0 Å². The van der Waals surface area contributed by atoms with Crippen LogP contribution in [0, 0.1) is 0 Å². The van der Waals surface area contributed by atoms with E-state index in [0.717, 1.165) is 0 Å². The summed E-state index contributed by atoms with van der Waals surface area (Å²) in [6.07, 6.45) is 0. The van der Waals surface area contributed by atoms with Gasteiger partial charge in [0.05, 0.1) is 0 Å². The van der Waals surface area contributed by atoms with Crippen LogP contribution in [-0.4, -0.2) is 31.4 Å². The number of hydrogen-bond acceptors (Lipinski definition) is 5. The molecule has 0 spiro atoms. The molecule has 1 aromatic carbocycles. The second-order valence-corrected chi connectivity index (χ2v) is 3.65. The van der Waals surface area contributed by atoms with Crippen molar-refractivity contribution in [1.82, 2.24) is 25.6 Å². The molecule has 2 aromatic heterocycles. The Kier molecular flexibility index (Phi) is 2.23. The number of H-pyrrole nitrogens is 2. The molecule has 0 aliphatic carbocycles. The Morgan fingerprint density at radius 3 is 2.83 bits per heavy atom. The zero-order chi connectivity index (χ0) is 12.5. The Labute approximate surface area is 99.9 Å². The van der Waals surface area contributed by atoms with Crippen LogP contribution in [0.25, 0.3) is 10.9 Å². The molecule has 0 aliphatic heterocycles. The van der Waals surface area contributed by atoms with E-state index in [0.29, 0.717) is 16.5 Å². The summed E-state index contributed by atoms with van der Waals surface area (Å²) in [6.45, 7) is 0. The van der Waals surface area contributed by atoms with Crippen LogP contribution in [0.4, 0.5) is 0 Å². The summed E-state index contributed by atoms with van der Waals surface area (Å²) in [5.74, 6) is -0.352. The van der Waals surface area contributed by atoms with Crippen LogP contribution in [0.1, 0.15) is 16.2 Å². The Hall–Kier alpha value is -2.83. The number of tetrazole rings is 1. The number of carbonyl (C=O) groups is 1. The molecular formula is C11H7N5O2. The fourth-order valence-electron chi connectivity index (χ4n) is 1.76. The standard InChI is InChI=1S/C11H7N5O2/c17-9-5-4-6-7(2-1-3-8(6)12-9)10(18)11-13-15-16-14-11/h1-5H,(H,12,17)(H,13,14,15,16). The quantitative estimate of drug-likeness (QED) is 0.627. The van der Waals surface area contributed by atoms with Crippen molar-refractivity contribution in [2.45, 2.75) is 0 Å². The molecule has 18 heavy (non-hydrogen) atoms. The van der Waals surface area contributed by atoms with Gasteiger partial charge in [0.25, 0.3) is 0 Å². The van der Waals surface area contributed by atoms with Crippen LogP contribution < -0.4 is 5.56 Å². The number of aromatic amines is 2. The average Bonchev–Trinajstić information content (AvgIpc) is 2.90. The molecular weight excluding hydrogens is 234 g/mol. The number of rotatable bonds is 2. The van der Waals surface area contributed by atoms with Crippen molar-refractivity contribution in [3.63, 3.8) is 0 Å². The molecule has 3 rings (SSSR count). The largest absolute Gasteiger partial charge is 0.322 e. The molecule has 0 unspecified atom stereocenters. The van der Waals surface area contributed by atoms with Gasteiger partial charge in [-0.1, -0.05) is 12.1 Å². The molecule has 7 heteroatoms. The van der Waals surface area contributed by atoms with Gasteiger partial charge in [0, 0.05) is 22.5 Å². The lowest BCUT2D eigenvalue weighted by Gasteiger charge is -2.02. The predicted octanol–water partition coefficient (Wildman–Crippen LogP) is 0.272. The molecule has 2 N–H and O–H groups in total. The predicted molar refractivity (Wildman–Crippen MR) is 62.2 cm³/mol. The van der Waals surface area contributed by atoms with Gasteiger partial charge in [0.1, 0.15) is 0 Å². The maximum atomic E-state index is 12.1. The van der Waals surface area contributed by atoms with Crippen molar-refractivity contribution in [2.75, 3.05) is 0 Å². The summed E-state index contributed by atoms with van der Waals surface area (Å²) in [7, 11) is 0. The first-order valence-electron chi connectivity index (χ1n) is 5.16. The highest BCUT2D eigenvalue weighted by Crippen LogP contribution is 2.17. The Balaban J connectivity index is 2.24. The SMILES string of the molecule is O=C(c1nn[nH]n1)c1cccc2[nH]c(=O)ccc12. The molecule has 88 valence electrons. The molecule has 3 aromatic rings. The molecule has 0 fully saturated rings. The first-order valence-corrected chi connectivity index (χ1v) is 5.16. The van der Waals surface area contributed by atoms with Crippen LogP contribution in [-0.2, 0) is 0 Å². The second-order valence-electron chi connectivity index (χ2n) is 3.65. The minimum atomic E-state index is -0.346. The minimum absolute atomic E-state index is 0.00583. The first kappa shape index (κ1) is 10.3. The van der Waals surface area contributed by atoms with E-state index in [1.54, 1.807) is 24.3 Å². The van der Waals surface area contributed by atoms with Crippen LogP contribution in [0.5, 0.6) is 0 Å². The highest BCUT2D eigenvalue weighted by Gasteiger charge is 2.16. The van der Waals surface area contributed by atoms with Gasteiger partial charge >= 0.3 is 0 Å². The smallest absolute Gasteiger partial charge is 0.248 e. The van der Waals surface area contributed by atoms with E-state index in [1.807, 2.05) is 0 Å². The highest BCUT2D eigenvalue weighted by atomic mass is 16.1. The summed E-state index contributed by atoms with van der Waals surface area (Å²) in [5, 5.41) is 13.5. The Morgan fingerprint density at radius 1 is 1.17 bits per heavy atom. The van der Waals surface area contributed by atoms with Gasteiger partial charge in [-0.2, -0.15) is 5.21 Å². The number of nitrogens with one attached hydrogen (secondary N) is 2. The monoisotopic (exact) mass is 241 g/mol. The number of fused-ring (bicyclic) bond motifs is 1. The number of aromatic nitrogens is 5. The number of carbonyl (C=O) groups excluding carboxylic acids is 1. The summed E-state index contributed by atoms with van der Waals surface area (Å²) < 4.78 is 0. The summed E-state index contributed by atoms with van der Waals surface area (Å²) in [5.41, 5.74) is 0.800. The van der Waals surface area contributed by atoms with Crippen molar-refractivity contribution in [1.29, 1.82) is 0 Å². The van der Waals surface area contributed by atoms with Gasteiger partial charge in [-0.15, -0.1) is 10.2 Å². The van der Waals surface area contributed by atoms with Gasteiger partial charge < -0.3 is 4.98 Å². The third-order valence-corrected chi connectivity index (χ3v) is 2.56. The molecule has 0 bridgehead atoms. The topological polar surface area (TPSA) is 104 Å². The molecule has 0 saturated carbocycles. The fourth-order valence-corrected chi connectivity index (χ4v) is 1.76. The van der Waals surface area contributed by atoms with E-state index < -0.39 is 0 Å². The highest BCUT2D eigenvalue weighted by molar-refractivity contribution is 6.14. The van der Waals surface area contributed by atoms with Gasteiger partial charge in [-0.05, 0) is 17.3 Å². The third kappa shape index (κ3) is 1.58. The van der Waals surface area contributed by atoms with Gasteiger partial charge in [-0.3, -0.25) is 9.59 Å². The van der Waals surface area contributed by atoms with Crippen molar-refractivity contribution in [3.05, 3.63) is 52.1 Å². The van der Waals surface area contributed by atoms with Crippen LogP contribution >= 0.6 is 0 Å². The second kappa shape index (κ2) is 3.88. The molecule has 0 aliphatic rings. The lowest BCUT2D eigenvalue weighted by Crippen LogP contribution is -2.08. The van der Waals surface area contributed by atoms with Gasteiger partial charge in [0.2, 0.25) is 17.2 Å². The first-order chi connectivity index (χ1) is 8.75. The molecule has 0 amide bonds. The van der Waals surface area contributed by atoms with E-state index in [1.165, 1.54) is 6.07 Å². The van der Waals surface area contributed by atoms with Crippen molar-refractivity contribution in [3.8, 4) is 0 Å². The van der Waals surface area contributed by atoms with Crippen molar-refractivity contribution >= 4 is 16.7 Å². The summed E-state index contributed by atoms with van der Waals surface area (Å²) in [4.78, 5) is 26.0. The summed E-state index contributed by atoms with van der Waals surface area (Å²) in [6, 6.07) is 8.03. The number of ketones is 1. The molecule has 0 radical (unpaired) electrons. The van der Waals surface area contributed by atoms with Crippen molar-refractivity contribution in [2.24, 2.45) is 0 Å². The van der Waals surface area contributed by atoms with Crippen LogP contribution in [0.3, 0.4) is 0 Å². The van der Waals surface area contributed by atoms with E-state index in [4.69, 9.17) is 0 Å². The number of hydrogen-bond donors (Lipinski definition) is 2. The molecule has 0 saturated heterocycles. The third-order valence-electron chi connectivity index (χ3n) is 2.56. The van der Waals surface area contributed by atoms with Crippen molar-refractivity contribution < 1.29 is 4.79 Å². The lowest BCUT2D eigenvalue weighted by molar-refractivity contribution is 0.103. The van der Waals surface area contributed by atoms with E-state index >= 15 is 0 Å². The molecule has 2 heterocycles. The Bertz CT molecular complexity index is 775. The van der Waals surface area contributed by atoms with E-state index in [-0.39, 0.29) is 17.2 Å². The minimum Gasteiger partial charge on any atom is -0.322 e. The average molecular weight is 241 g/mol. The lowest BCUT2D eigenvalue weighted by atomic mass is 10.0. The maximum Gasteiger partial charge on any atom is 0.248 e. The van der Waals surface area contributed by atoms with Crippen LogP contribution in [0.15, 0.2) is 35.1 Å². The zero-order valence-corrected chi connectivity index (χ0v) is 9.04. The number of benzene rings is 1. The summed E-state index contributed by atoms with van der Waals surface area (Å²) >= 11 is 0. The molecule has 7 nitrogen and oxygen atoms in total. The normalized spacial score (nSPS) is 10.7. The zero-order valence-electron chi connectivity index (χ0n) is 9.04. The maximum absolute atomic E-state index is 12.1. The number of pyridine rings is 1. The Morgan fingerprint density at radius 2 is 2.06 bits per heavy atom. The number of nitrogens with zero attached hydrogens (tertiary/aromatic N) is 3. The van der Waals surface area contributed by atoms with E-state index in [2.05, 4.69) is 25.6 Å². The van der Waals surface area contributed by atoms with Gasteiger partial charge in [-0.25, -0.2) is 0 Å². The molecule has 0 atom stereocenters. The van der Waals surface area contributed by atoms with E-state index in [9.17, 15) is 9.59 Å². The van der Waals surface area contributed by atoms with Crippen LogP contribution in [0.2, 0.25) is 0 Å². The fraction of sp³-hybridized carbons (Fsp3) is 0.